The molecule has 0 heterocycles. The number of carbonyl (C=O) groups is 1. The van der Waals surface area contributed by atoms with Gasteiger partial charge in [0.2, 0.25) is 0 Å². The standard InChI is InChI=1S/C16H24O4/c1-3-4-5-6-11-20-16(18)10-8-13-7-9-14(17)15(12-13)19-2/h7,9,12,17H,3-6,8,10-11H2,1-2H3. The average Bonchev–Trinajstić information content (AvgIpc) is 2.46. The highest BCUT2D eigenvalue weighted by atomic mass is 16.5. The summed E-state index contributed by atoms with van der Waals surface area (Å²) in [6, 6.07) is 5.10. The molecule has 20 heavy (non-hydrogen) atoms. The van der Waals surface area contributed by atoms with Crippen LogP contribution in [-0.2, 0) is 16.0 Å². The lowest BCUT2D eigenvalue weighted by molar-refractivity contribution is -0.143. The van der Waals surface area contributed by atoms with Crippen molar-refractivity contribution in [2.75, 3.05) is 13.7 Å². The number of methoxy groups -OCH3 is 1. The van der Waals surface area contributed by atoms with Crippen molar-refractivity contribution in [2.24, 2.45) is 0 Å². The molecular formula is C16H24O4. The molecule has 0 radical (unpaired) electrons. The maximum absolute atomic E-state index is 11.6. The first kappa shape index (κ1) is 16.3. The second kappa shape index (κ2) is 9.23. The fourth-order valence-corrected chi connectivity index (χ4v) is 1.91. The smallest absolute Gasteiger partial charge is 0.306 e. The fraction of sp³-hybridized carbons (Fsp3) is 0.562. The average molecular weight is 280 g/mol. The predicted molar refractivity (Wildman–Crippen MR) is 78.1 cm³/mol. The molecule has 1 aromatic rings. The third kappa shape index (κ3) is 5.95. The first-order valence-electron chi connectivity index (χ1n) is 7.19. The Kier molecular flexibility index (Phi) is 7.55. The van der Waals surface area contributed by atoms with Crippen LogP contribution in [0, 0.1) is 0 Å². The Hall–Kier alpha value is -1.71. The normalized spacial score (nSPS) is 10.3. The molecule has 0 fully saturated rings. The molecule has 4 heteroatoms. The molecule has 0 aliphatic carbocycles. The van der Waals surface area contributed by atoms with Crippen LogP contribution in [0.4, 0.5) is 0 Å². The van der Waals surface area contributed by atoms with E-state index in [4.69, 9.17) is 9.47 Å². The highest BCUT2D eigenvalue weighted by Crippen LogP contribution is 2.26. The number of ether oxygens (including phenoxy) is 2. The van der Waals surface area contributed by atoms with Gasteiger partial charge in [0.15, 0.2) is 11.5 Å². The van der Waals surface area contributed by atoms with Crippen molar-refractivity contribution < 1.29 is 19.4 Å². The summed E-state index contributed by atoms with van der Waals surface area (Å²) in [5.41, 5.74) is 0.947. The van der Waals surface area contributed by atoms with E-state index >= 15 is 0 Å². The topological polar surface area (TPSA) is 55.8 Å². The lowest BCUT2D eigenvalue weighted by atomic mass is 10.1. The monoisotopic (exact) mass is 280 g/mol. The molecule has 0 saturated heterocycles. The van der Waals surface area contributed by atoms with E-state index < -0.39 is 0 Å². The van der Waals surface area contributed by atoms with Gasteiger partial charge in [-0.05, 0) is 30.5 Å². The second-order valence-corrected chi connectivity index (χ2v) is 4.79. The van der Waals surface area contributed by atoms with Gasteiger partial charge in [-0.3, -0.25) is 4.79 Å². The number of esters is 1. The van der Waals surface area contributed by atoms with Gasteiger partial charge < -0.3 is 14.6 Å². The first-order valence-corrected chi connectivity index (χ1v) is 7.19. The number of hydrogen-bond donors (Lipinski definition) is 1. The summed E-state index contributed by atoms with van der Waals surface area (Å²) in [4.78, 5) is 11.6. The molecule has 0 bridgehead atoms. The van der Waals surface area contributed by atoms with Crippen LogP contribution in [0.25, 0.3) is 0 Å². The number of aryl methyl sites for hydroxylation is 1. The zero-order valence-corrected chi connectivity index (χ0v) is 12.4. The zero-order chi connectivity index (χ0) is 14.8. The van der Waals surface area contributed by atoms with Crippen molar-refractivity contribution in [3.8, 4) is 11.5 Å². The summed E-state index contributed by atoms with van der Waals surface area (Å²) >= 11 is 0. The molecular weight excluding hydrogens is 256 g/mol. The summed E-state index contributed by atoms with van der Waals surface area (Å²) in [6.07, 6.45) is 5.35. The highest BCUT2D eigenvalue weighted by molar-refractivity contribution is 5.69. The number of rotatable bonds is 9. The highest BCUT2D eigenvalue weighted by Gasteiger charge is 2.06. The molecule has 0 saturated carbocycles. The molecule has 0 aliphatic heterocycles. The molecule has 0 aromatic heterocycles. The van der Waals surface area contributed by atoms with Crippen LogP contribution in [0.15, 0.2) is 18.2 Å². The summed E-state index contributed by atoms with van der Waals surface area (Å²) < 4.78 is 10.2. The van der Waals surface area contributed by atoms with Crippen molar-refractivity contribution in [1.82, 2.24) is 0 Å². The van der Waals surface area contributed by atoms with E-state index in [0.29, 0.717) is 25.2 Å². The zero-order valence-electron chi connectivity index (χ0n) is 12.4. The van der Waals surface area contributed by atoms with Crippen molar-refractivity contribution >= 4 is 5.97 Å². The number of benzene rings is 1. The van der Waals surface area contributed by atoms with Gasteiger partial charge in [-0.2, -0.15) is 0 Å². The minimum Gasteiger partial charge on any atom is -0.504 e. The molecule has 0 atom stereocenters. The van der Waals surface area contributed by atoms with Crippen LogP contribution in [0.2, 0.25) is 0 Å². The van der Waals surface area contributed by atoms with Crippen LogP contribution in [0.1, 0.15) is 44.6 Å². The largest absolute Gasteiger partial charge is 0.504 e. The summed E-state index contributed by atoms with van der Waals surface area (Å²) in [5.74, 6) is 0.360. The minimum absolute atomic E-state index is 0.106. The van der Waals surface area contributed by atoms with Gasteiger partial charge in [0.05, 0.1) is 13.7 Å². The third-order valence-electron chi connectivity index (χ3n) is 3.12. The van der Waals surface area contributed by atoms with Crippen LogP contribution in [0.5, 0.6) is 11.5 Å². The van der Waals surface area contributed by atoms with Gasteiger partial charge in [-0.25, -0.2) is 0 Å². The van der Waals surface area contributed by atoms with E-state index in [1.54, 1.807) is 18.2 Å². The van der Waals surface area contributed by atoms with Gasteiger partial charge in [0.1, 0.15) is 0 Å². The first-order chi connectivity index (χ1) is 9.67. The summed E-state index contributed by atoms with van der Waals surface area (Å²) in [5, 5.41) is 9.48. The molecule has 112 valence electrons. The number of phenols is 1. The van der Waals surface area contributed by atoms with E-state index in [2.05, 4.69) is 6.92 Å². The van der Waals surface area contributed by atoms with Gasteiger partial charge in [0, 0.05) is 6.42 Å². The minimum atomic E-state index is -0.173. The fourth-order valence-electron chi connectivity index (χ4n) is 1.91. The third-order valence-corrected chi connectivity index (χ3v) is 3.12. The lowest BCUT2D eigenvalue weighted by Crippen LogP contribution is -2.07. The van der Waals surface area contributed by atoms with Gasteiger partial charge in [-0.1, -0.05) is 32.3 Å². The van der Waals surface area contributed by atoms with E-state index in [1.165, 1.54) is 20.0 Å². The maximum Gasteiger partial charge on any atom is 0.306 e. The Bertz CT molecular complexity index is 415. The van der Waals surface area contributed by atoms with E-state index in [9.17, 15) is 9.90 Å². The summed E-state index contributed by atoms with van der Waals surface area (Å²) in [7, 11) is 1.50. The van der Waals surface area contributed by atoms with Crippen LogP contribution in [-0.4, -0.2) is 24.8 Å². The molecule has 0 unspecified atom stereocenters. The van der Waals surface area contributed by atoms with Crippen molar-refractivity contribution in [3.05, 3.63) is 23.8 Å². The molecule has 0 spiro atoms. The van der Waals surface area contributed by atoms with Gasteiger partial charge in [-0.15, -0.1) is 0 Å². The van der Waals surface area contributed by atoms with Crippen molar-refractivity contribution in [1.29, 1.82) is 0 Å². The maximum atomic E-state index is 11.6. The van der Waals surface area contributed by atoms with Crippen LogP contribution >= 0.6 is 0 Å². The quantitative estimate of drug-likeness (QED) is 0.556. The van der Waals surface area contributed by atoms with Crippen molar-refractivity contribution in [3.63, 3.8) is 0 Å². The predicted octanol–water partition coefficient (Wildman–Crippen LogP) is 3.46. The van der Waals surface area contributed by atoms with E-state index in [-0.39, 0.29) is 11.7 Å². The second-order valence-electron chi connectivity index (χ2n) is 4.79. The Morgan fingerprint density at radius 2 is 2.05 bits per heavy atom. The molecule has 1 rings (SSSR count). The number of phenolic OH excluding ortho intramolecular Hbond substituents is 1. The van der Waals surface area contributed by atoms with Gasteiger partial charge >= 0.3 is 5.97 Å². The Morgan fingerprint density at radius 1 is 1.25 bits per heavy atom. The molecule has 4 nitrogen and oxygen atoms in total. The SMILES string of the molecule is CCCCCCOC(=O)CCc1ccc(O)c(OC)c1. The molecule has 0 amide bonds. The number of unbranched alkanes of at least 4 members (excludes halogenated alkanes) is 3. The summed E-state index contributed by atoms with van der Waals surface area (Å²) in [6.45, 7) is 2.66. The molecule has 1 aromatic carbocycles. The Labute approximate surface area is 120 Å². The number of hydrogen-bond acceptors (Lipinski definition) is 4. The lowest BCUT2D eigenvalue weighted by Gasteiger charge is -2.07. The van der Waals surface area contributed by atoms with Crippen LogP contribution in [0.3, 0.4) is 0 Å². The van der Waals surface area contributed by atoms with Crippen molar-refractivity contribution in [2.45, 2.75) is 45.4 Å². The Balaban J connectivity index is 2.27. The van der Waals surface area contributed by atoms with Gasteiger partial charge in [0.25, 0.3) is 0 Å². The molecule has 0 aliphatic rings. The van der Waals surface area contributed by atoms with E-state index in [1.807, 2.05) is 0 Å². The number of carbonyl (C=O) groups excluding carboxylic acids is 1. The molecule has 1 N–H and O–H groups in total. The van der Waals surface area contributed by atoms with Crippen LogP contribution < -0.4 is 4.74 Å². The van der Waals surface area contributed by atoms with E-state index in [0.717, 1.165) is 18.4 Å². The Morgan fingerprint density at radius 3 is 2.75 bits per heavy atom. The number of aromatic hydroxyl groups is 1.